The van der Waals surface area contributed by atoms with Crippen molar-refractivity contribution in [1.82, 2.24) is 0 Å². The van der Waals surface area contributed by atoms with Crippen molar-refractivity contribution in [3.63, 3.8) is 0 Å². The molecule has 0 amide bonds. The van der Waals surface area contributed by atoms with Crippen molar-refractivity contribution in [2.24, 2.45) is 11.8 Å². The highest BCUT2D eigenvalue weighted by molar-refractivity contribution is 7.92. The minimum absolute atomic E-state index is 0.321. The highest BCUT2D eigenvalue weighted by Crippen LogP contribution is 2.35. The summed E-state index contributed by atoms with van der Waals surface area (Å²) in [7, 11) is -1.33. The van der Waals surface area contributed by atoms with E-state index in [9.17, 15) is 8.42 Å². The summed E-state index contributed by atoms with van der Waals surface area (Å²) in [5.41, 5.74) is 1.16. The van der Waals surface area contributed by atoms with Crippen molar-refractivity contribution >= 4 is 21.4 Å². The van der Waals surface area contributed by atoms with E-state index in [0.29, 0.717) is 17.6 Å². The van der Waals surface area contributed by atoms with E-state index in [1.807, 2.05) is 18.2 Å². The number of hydrogen-bond acceptors (Lipinski definition) is 3. The van der Waals surface area contributed by atoms with E-state index in [2.05, 4.69) is 0 Å². The largest absolute Gasteiger partial charge is 0.496 e. The molecule has 0 spiro atoms. The van der Waals surface area contributed by atoms with Crippen LogP contribution in [0.25, 0.3) is 0 Å². The van der Waals surface area contributed by atoms with Crippen LogP contribution in [0.4, 0.5) is 0 Å². The molecule has 0 unspecified atom stereocenters. The summed E-state index contributed by atoms with van der Waals surface area (Å²) in [5.74, 6) is 2.22. The Morgan fingerprint density at radius 1 is 1.12 bits per heavy atom. The lowest BCUT2D eigenvalue weighted by molar-refractivity contribution is 0.277. The zero-order valence-corrected chi connectivity index (χ0v) is 17.4. The van der Waals surface area contributed by atoms with Crippen LogP contribution in [0.3, 0.4) is 0 Å². The number of rotatable bonds is 6. The number of halogens is 1. The first-order chi connectivity index (χ1) is 11.6. The molecular formula is C20H31ClO3S. The molecule has 1 aromatic rings. The molecule has 1 fully saturated rings. The predicted octanol–water partition coefficient (Wildman–Crippen LogP) is 5.30. The standard InChI is InChI=1S/C20H31ClO3S/c1-20(2,3)25(22,23)14-16-7-5-15(6-8-16)9-10-17-13-18(21)11-12-19(17)24-4/h11-13,15-16H,5-10,14H2,1-4H3. The van der Waals surface area contributed by atoms with Gasteiger partial charge in [-0.3, -0.25) is 0 Å². The monoisotopic (exact) mass is 386 g/mol. The van der Waals surface area contributed by atoms with Crippen LogP contribution >= 0.6 is 11.6 Å². The molecule has 0 N–H and O–H groups in total. The normalized spacial score (nSPS) is 22.0. The molecule has 0 bridgehead atoms. The number of aryl methyl sites for hydroxylation is 1. The molecule has 1 aliphatic rings. The van der Waals surface area contributed by atoms with Crippen LogP contribution in [-0.2, 0) is 16.3 Å². The fourth-order valence-corrected chi connectivity index (χ4v) is 5.20. The molecule has 0 heterocycles. The highest BCUT2D eigenvalue weighted by atomic mass is 35.5. The van der Waals surface area contributed by atoms with Crippen LogP contribution in [0.15, 0.2) is 18.2 Å². The third-order valence-corrected chi connectivity index (χ3v) is 8.43. The van der Waals surface area contributed by atoms with Crippen LogP contribution in [0.5, 0.6) is 5.75 Å². The van der Waals surface area contributed by atoms with Crippen molar-refractivity contribution in [3.05, 3.63) is 28.8 Å². The van der Waals surface area contributed by atoms with E-state index in [-0.39, 0.29) is 0 Å². The van der Waals surface area contributed by atoms with Crippen molar-refractivity contribution in [2.75, 3.05) is 12.9 Å². The molecule has 25 heavy (non-hydrogen) atoms. The SMILES string of the molecule is COc1ccc(Cl)cc1CCC1CCC(CS(=O)(=O)C(C)(C)C)CC1. The molecule has 1 aromatic carbocycles. The van der Waals surface area contributed by atoms with Crippen LogP contribution in [0.2, 0.25) is 5.02 Å². The first-order valence-corrected chi connectivity index (χ1v) is 11.2. The van der Waals surface area contributed by atoms with E-state index in [1.54, 1.807) is 27.9 Å². The average Bonchev–Trinajstić information content (AvgIpc) is 2.53. The summed E-state index contributed by atoms with van der Waals surface area (Å²) in [6, 6.07) is 5.76. The topological polar surface area (TPSA) is 43.4 Å². The number of methoxy groups -OCH3 is 1. The Bertz CT molecular complexity index is 669. The quantitative estimate of drug-likeness (QED) is 0.666. The molecule has 0 radical (unpaired) electrons. The van der Waals surface area contributed by atoms with E-state index >= 15 is 0 Å². The van der Waals surface area contributed by atoms with Crippen molar-refractivity contribution < 1.29 is 13.2 Å². The second-order valence-electron chi connectivity index (χ2n) is 8.28. The van der Waals surface area contributed by atoms with Crippen LogP contribution < -0.4 is 4.74 Å². The fraction of sp³-hybridized carbons (Fsp3) is 0.700. The lowest BCUT2D eigenvalue weighted by atomic mass is 9.80. The molecule has 142 valence electrons. The maximum absolute atomic E-state index is 12.4. The molecule has 1 aliphatic carbocycles. The molecular weight excluding hydrogens is 356 g/mol. The van der Waals surface area contributed by atoms with Gasteiger partial charge in [-0.25, -0.2) is 8.42 Å². The summed E-state index contributed by atoms with van der Waals surface area (Å²) in [6.45, 7) is 5.39. The van der Waals surface area contributed by atoms with E-state index in [1.165, 1.54) is 0 Å². The molecule has 0 aliphatic heterocycles. The Labute approximate surface area is 158 Å². The van der Waals surface area contributed by atoms with E-state index < -0.39 is 14.6 Å². The summed E-state index contributed by atoms with van der Waals surface area (Å²) in [4.78, 5) is 0. The zero-order valence-electron chi connectivity index (χ0n) is 15.8. The molecule has 1 saturated carbocycles. The van der Waals surface area contributed by atoms with Crippen molar-refractivity contribution in [3.8, 4) is 5.75 Å². The van der Waals surface area contributed by atoms with Crippen LogP contribution in [0, 0.1) is 11.8 Å². The predicted molar refractivity (Wildman–Crippen MR) is 105 cm³/mol. The van der Waals surface area contributed by atoms with Crippen molar-refractivity contribution in [1.29, 1.82) is 0 Å². The van der Waals surface area contributed by atoms with Gasteiger partial charge in [-0.2, -0.15) is 0 Å². The molecule has 0 aromatic heterocycles. The van der Waals surface area contributed by atoms with Crippen LogP contribution in [-0.4, -0.2) is 26.0 Å². The second-order valence-corrected chi connectivity index (χ2v) is 11.5. The first kappa shape index (κ1) is 20.6. The highest BCUT2D eigenvalue weighted by Gasteiger charge is 2.33. The zero-order chi connectivity index (χ0) is 18.7. The smallest absolute Gasteiger partial charge is 0.155 e. The van der Waals surface area contributed by atoms with Crippen LogP contribution in [0.1, 0.15) is 58.4 Å². The van der Waals surface area contributed by atoms with Gasteiger partial charge in [0.25, 0.3) is 0 Å². The van der Waals surface area contributed by atoms with Gasteiger partial charge < -0.3 is 4.74 Å². The fourth-order valence-electron chi connectivity index (χ4n) is 3.55. The van der Waals surface area contributed by atoms with Gasteiger partial charge in [-0.15, -0.1) is 0 Å². The van der Waals surface area contributed by atoms with Gasteiger partial charge in [0.2, 0.25) is 0 Å². The number of ether oxygens (including phenoxy) is 1. The summed E-state index contributed by atoms with van der Waals surface area (Å²) < 4.78 is 29.5. The van der Waals surface area contributed by atoms with Crippen molar-refractivity contribution in [2.45, 2.75) is 64.0 Å². The minimum Gasteiger partial charge on any atom is -0.496 e. The summed E-state index contributed by atoms with van der Waals surface area (Å²) in [6.07, 6.45) is 6.34. The Kier molecular flexibility index (Phi) is 6.83. The number of sulfone groups is 1. The third kappa shape index (κ3) is 5.62. The van der Waals surface area contributed by atoms with Gasteiger partial charge in [-0.05, 0) is 82.1 Å². The van der Waals surface area contributed by atoms with Gasteiger partial charge in [0.1, 0.15) is 5.75 Å². The molecule has 5 heteroatoms. The summed E-state index contributed by atoms with van der Waals surface area (Å²) in [5, 5.41) is 0.742. The maximum Gasteiger partial charge on any atom is 0.155 e. The minimum atomic E-state index is -3.02. The third-order valence-electron chi connectivity index (χ3n) is 5.42. The molecule has 0 atom stereocenters. The second kappa shape index (κ2) is 8.30. The Balaban J connectivity index is 1.84. The molecule has 0 saturated heterocycles. The van der Waals surface area contributed by atoms with Gasteiger partial charge in [0.15, 0.2) is 9.84 Å². The van der Waals surface area contributed by atoms with Gasteiger partial charge >= 0.3 is 0 Å². The lowest BCUT2D eigenvalue weighted by Crippen LogP contribution is -2.34. The van der Waals surface area contributed by atoms with Gasteiger partial charge in [0.05, 0.1) is 17.6 Å². The lowest BCUT2D eigenvalue weighted by Gasteiger charge is -2.30. The Morgan fingerprint density at radius 3 is 2.28 bits per heavy atom. The van der Waals surface area contributed by atoms with Gasteiger partial charge in [-0.1, -0.05) is 24.4 Å². The number of benzene rings is 1. The maximum atomic E-state index is 12.4. The van der Waals surface area contributed by atoms with E-state index in [4.69, 9.17) is 16.3 Å². The average molecular weight is 387 g/mol. The molecule has 3 nitrogen and oxygen atoms in total. The Morgan fingerprint density at radius 2 is 1.72 bits per heavy atom. The molecule has 2 rings (SSSR count). The summed E-state index contributed by atoms with van der Waals surface area (Å²) >= 11 is 6.10. The Hall–Kier alpha value is -0.740. The van der Waals surface area contributed by atoms with Gasteiger partial charge in [0, 0.05) is 5.02 Å². The number of hydrogen-bond donors (Lipinski definition) is 0. The van der Waals surface area contributed by atoms with E-state index in [0.717, 1.165) is 54.9 Å². The first-order valence-electron chi connectivity index (χ1n) is 9.17.